The Labute approximate surface area is 78.3 Å². The number of halogens is 2. The van der Waals surface area contributed by atoms with Crippen LogP contribution in [0, 0.1) is 0 Å². The summed E-state index contributed by atoms with van der Waals surface area (Å²) in [5.41, 5.74) is 1.02. The Balaban J connectivity index is 0.000000187. The van der Waals surface area contributed by atoms with Crippen molar-refractivity contribution in [1.82, 2.24) is 0 Å². The molecule has 1 rings (SSSR count). The lowest BCUT2D eigenvalue weighted by Crippen LogP contribution is -1.92. The van der Waals surface area contributed by atoms with Crippen molar-refractivity contribution in [2.24, 2.45) is 0 Å². The first-order valence-electron chi connectivity index (χ1n) is 3.47. The third kappa shape index (κ3) is 5.54. The van der Waals surface area contributed by atoms with Gasteiger partial charge < -0.3 is 4.74 Å². The highest BCUT2D eigenvalue weighted by Gasteiger charge is 2.46. The van der Waals surface area contributed by atoms with Gasteiger partial charge in [-0.05, 0) is 20.8 Å². The van der Waals surface area contributed by atoms with Crippen LogP contribution >= 0.6 is 23.2 Å². The molecule has 0 aliphatic carbocycles. The Kier molecular flexibility index (Phi) is 4.45. The van der Waals surface area contributed by atoms with Crippen LogP contribution in [0.2, 0.25) is 0 Å². The van der Waals surface area contributed by atoms with Crippen molar-refractivity contribution in [2.45, 2.75) is 31.9 Å². The van der Waals surface area contributed by atoms with Gasteiger partial charge in [-0.25, -0.2) is 0 Å². The van der Waals surface area contributed by atoms with Crippen molar-refractivity contribution in [3.63, 3.8) is 0 Å². The molecule has 0 aromatic rings. The molecule has 1 nitrogen and oxygen atoms in total. The third-order valence-corrected chi connectivity index (χ3v) is 2.16. The van der Waals surface area contributed by atoms with Crippen molar-refractivity contribution in [3.05, 3.63) is 12.2 Å². The molecular formula is C8H14Cl2O. The third-order valence-electron chi connectivity index (χ3n) is 1.30. The maximum Gasteiger partial charge on any atom is 0.165 e. The first kappa shape index (κ1) is 11.3. The lowest BCUT2D eigenvalue weighted by atomic mass is 10.4. The molecule has 66 valence electrons. The molecule has 2 unspecified atom stereocenters. The van der Waals surface area contributed by atoms with Crippen molar-refractivity contribution in [3.8, 4) is 0 Å². The van der Waals surface area contributed by atoms with Crippen LogP contribution in [-0.4, -0.2) is 17.0 Å². The smallest absolute Gasteiger partial charge is 0.165 e. The Morgan fingerprint density at radius 1 is 1.73 bits per heavy atom. The molecule has 3 heteroatoms. The van der Waals surface area contributed by atoms with Crippen molar-refractivity contribution < 1.29 is 4.74 Å². The normalized spacial score (nSPS) is 33.7. The van der Waals surface area contributed by atoms with Gasteiger partial charge in [-0.15, -0.1) is 11.6 Å². The molecule has 1 aliphatic heterocycles. The molecule has 1 aliphatic rings. The minimum Gasteiger partial charge on any atom is -0.350 e. The van der Waals surface area contributed by atoms with E-state index in [1.807, 2.05) is 20.8 Å². The summed E-state index contributed by atoms with van der Waals surface area (Å²) in [6, 6.07) is 0. The summed E-state index contributed by atoms with van der Waals surface area (Å²) in [7, 11) is 0. The molecule has 1 heterocycles. The van der Waals surface area contributed by atoms with Crippen LogP contribution in [-0.2, 0) is 4.74 Å². The van der Waals surface area contributed by atoms with Crippen LogP contribution < -0.4 is 0 Å². The Hall–Kier alpha value is 0.280. The maximum absolute atomic E-state index is 5.57. The van der Waals surface area contributed by atoms with Gasteiger partial charge in [-0.1, -0.05) is 23.8 Å². The summed E-state index contributed by atoms with van der Waals surface area (Å²) in [6.07, 6.45) is 0.263. The molecule has 1 fully saturated rings. The highest BCUT2D eigenvalue weighted by molar-refractivity contribution is 6.24. The zero-order valence-corrected chi connectivity index (χ0v) is 8.67. The van der Waals surface area contributed by atoms with E-state index in [9.17, 15) is 0 Å². The van der Waals surface area contributed by atoms with Gasteiger partial charge in [0.2, 0.25) is 0 Å². The van der Waals surface area contributed by atoms with E-state index < -0.39 is 0 Å². The van der Waals surface area contributed by atoms with Gasteiger partial charge in [0.1, 0.15) is 0 Å². The summed E-state index contributed by atoms with van der Waals surface area (Å²) < 4.78 is 4.87. The molecule has 0 aromatic heterocycles. The fourth-order valence-corrected chi connectivity index (χ4v) is 0.445. The number of epoxide rings is 1. The Morgan fingerprint density at radius 2 is 1.91 bits per heavy atom. The number of alkyl halides is 2. The minimum atomic E-state index is -0.319. The first-order valence-corrected chi connectivity index (χ1v) is 4.38. The second-order valence-electron chi connectivity index (χ2n) is 2.84. The van der Waals surface area contributed by atoms with E-state index in [0.29, 0.717) is 5.88 Å². The van der Waals surface area contributed by atoms with Gasteiger partial charge in [-0.3, -0.25) is 0 Å². The summed E-state index contributed by atoms with van der Waals surface area (Å²) >= 11 is 10.8. The molecule has 0 aromatic carbocycles. The van der Waals surface area contributed by atoms with Crippen molar-refractivity contribution in [1.29, 1.82) is 0 Å². The van der Waals surface area contributed by atoms with Gasteiger partial charge in [0.15, 0.2) is 5.06 Å². The summed E-state index contributed by atoms with van der Waals surface area (Å²) in [6.45, 7) is 9.25. The van der Waals surface area contributed by atoms with E-state index in [2.05, 4.69) is 6.58 Å². The molecule has 0 amide bonds. The molecule has 0 spiro atoms. The van der Waals surface area contributed by atoms with Crippen LogP contribution in [0.15, 0.2) is 12.2 Å². The zero-order valence-electron chi connectivity index (χ0n) is 7.16. The monoisotopic (exact) mass is 196 g/mol. The SMILES string of the molecule is C=C(C)CCl.CC1OC1(C)Cl. The standard InChI is InChI=1S/C4H7ClO.C4H7Cl/c1-3-4(2,5)6-3;1-4(2)3-5/h3H,1-2H3;1,3H2,2H3. The average molecular weight is 197 g/mol. The van der Waals surface area contributed by atoms with Gasteiger partial charge in [-0.2, -0.15) is 0 Å². The van der Waals surface area contributed by atoms with E-state index in [1.165, 1.54) is 0 Å². The van der Waals surface area contributed by atoms with Crippen LogP contribution in [0.3, 0.4) is 0 Å². The fourth-order valence-electron chi connectivity index (χ4n) is 0.312. The molecule has 0 N–H and O–H groups in total. The number of hydrogen-bond donors (Lipinski definition) is 0. The summed E-state index contributed by atoms with van der Waals surface area (Å²) in [5.74, 6) is 0.583. The number of ether oxygens (including phenoxy) is 1. The summed E-state index contributed by atoms with van der Waals surface area (Å²) in [5, 5.41) is -0.319. The predicted octanol–water partition coefficient (Wildman–Crippen LogP) is 3.16. The average Bonchev–Trinajstić information content (AvgIpc) is 2.39. The lowest BCUT2D eigenvalue weighted by molar-refractivity contribution is 0.369. The zero-order chi connectivity index (χ0) is 9.07. The van der Waals surface area contributed by atoms with Crippen LogP contribution in [0.4, 0.5) is 0 Å². The van der Waals surface area contributed by atoms with E-state index in [-0.39, 0.29) is 11.2 Å². The van der Waals surface area contributed by atoms with Gasteiger partial charge in [0.25, 0.3) is 0 Å². The Morgan fingerprint density at radius 3 is 1.91 bits per heavy atom. The lowest BCUT2D eigenvalue weighted by Gasteiger charge is -1.81. The second kappa shape index (κ2) is 4.34. The van der Waals surface area contributed by atoms with Crippen LogP contribution in [0.25, 0.3) is 0 Å². The van der Waals surface area contributed by atoms with E-state index in [4.69, 9.17) is 27.9 Å². The highest BCUT2D eigenvalue weighted by Crippen LogP contribution is 2.39. The van der Waals surface area contributed by atoms with Crippen molar-refractivity contribution >= 4 is 23.2 Å². The molecular weight excluding hydrogens is 183 g/mol. The van der Waals surface area contributed by atoms with E-state index in [1.54, 1.807) is 0 Å². The van der Waals surface area contributed by atoms with Crippen LogP contribution in [0.5, 0.6) is 0 Å². The number of hydrogen-bond acceptors (Lipinski definition) is 1. The van der Waals surface area contributed by atoms with E-state index >= 15 is 0 Å². The highest BCUT2D eigenvalue weighted by atomic mass is 35.5. The molecule has 2 atom stereocenters. The molecule has 1 saturated heterocycles. The van der Waals surface area contributed by atoms with E-state index in [0.717, 1.165) is 5.57 Å². The topological polar surface area (TPSA) is 12.5 Å². The van der Waals surface area contributed by atoms with Gasteiger partial charge >= 0.3 is 0 Å². The van der Waals surface area contributed by atoms with Crippen LogP contribution in [0.1, 0.15) is 20.8 Å². The molecule has 11 heavy (non-hydrogen) atoms. The minimum absolute atomic E-state index is 0.263. The van der Waals surface area contributed by atoms with Crippen molar-refractivity contribution in [2.75, 3.05) is 5.88 Å². The molecule has 0 bridgehead atoms. The quantitative estimate of drug-likeness (QED) is 0.357. The maximum atomic E-state index is 5.57. The predicted molar refractivity (Wildman–Crippen MR) is 50.3 cm³/mol. The summed E-state index contributed by atoms with van der Waals surface area (Å²) in [4.78, 5) is 0. The van der Waals surface area contributed by atoms with Gasteiger partial charge in [0.05, 0.1) is 6.10 Å². The second-order valence-corrected chi connectivity index (χ2v) is 3.85. The largest absolute Gasteiger partial charge is 0.350 e. The molecule has 0 saturated carbocycles. The first-order chi connectivity index (χ1) is 4.90. The Bertz CT molecular complexity index is 143. The number of allylic oxidation sites excluding steroid dienone is 1. The molecule has 0 radical (unpaired) electrons. The number of rotatable bonds is 1. The fraction of sp³-hybridized carbons (Fsp3) is 0.750. The van der Waals surface area contributed by atoms with Gasteiger partial charge in [0, 0.05) is 5.88 Å².